The zero-order valence-corrected chi connectivity index (χ0v) is 16.3. The van der Waals surface area contributed by atoms with Gasteiger partial charge in [0.1, 0.15) is 12.1 Å². The summed E-state index contributed by atoms with van der Waals surface area (Å²) in [5.41, 5.74) is 1.54. The number of ether oxygens (including phenoxy) is 1. The number of hydrogen-bond donors (Lipinski definition) is 1. The molecule has 2 amide bonds. The van der Waals surface area contributed by atoms with Crippen molar-refractivity contribution in [2.75, 3.05) is 37.7 Å². The van der Waals surface area contributed by atoms with E-state index >= 15 is 0 Å². The van der Waals surface area contributed by atoms with Gasteiger partial charge in [-0.1, -0.05) is 26.0 Å². The lowest BCUT2D eigenvalue weighted by molar-refractivity contribution is -0.134. The molecule has 1 aromatic carbocycles. The summed E-state index contributed by atoms with van der Waals surface area (Å²) < 4.78 is 4.93. The number of para-hydroxylation sites is 1. The Morgan fingerprint density at radius 2 is 1.96 bits per heavy atom. The summed E-state index contributed by atoms with van der Waals surface area (Å²) in [7, 11) is 0. The number of nitriles is 1. The highest BCUT2D eigenvalue weighted by Gasteiger charge is 2.30. The fourth-order valence-electron chi connectivity index (χ4n) is 3.23. The number of amides is 2. The molecule has 1 aliphatic rings. The molecule has 0 aliphatic carbocycles. The lowest BCUT2D eigenvalue weighted by Gasteiger charge is -2.29. The van der Waals surface area contributed by atoms with E-state index in [9.17, 15) is 14.9 Å². The second-order valence-electron chi connectivity index (χ2n) is 6.88. The van der Waals surface area contributed by atoms with Crippen LogP contribution >= 0.6 is 0 Å². The Hall–Kier alpha value is -2.75. The van der Waals surface area contributed by atoms with Crippen LogP contribution in [0.1, 0.15) is 32.8 Å². The molecular formula is C20H28N4O3. The zero-order chi connectivity index (χ0) is 19.8. The first-order valence-electron chi connectivity index (χ1n) is 9.44. The molecule has 0 spiro atoms. The van der Waals surface area contributed by atoms with E-state index in [0.717, 1.165) is 18.7 Å². The maximum atomic E-state index is 13.0. The fourth-order valence-corrected chi connectivity index (χ4v) is 3.23. The summed E-state index contributed by atoms with van der Waals surface area (Å²) in [6, 6.07) is 9.14. The monoisotopic (exact) mass is 372 g/mol. The van der Waals surface area contributed by atoms with Crippen molar-refractivity contribution in [1.82, 2.24) is 10.2 Å². The molecule has 1 atom stereocenters. The van der Waals surface area contributed by atoms with Crippen molar-refractivity contribution >= 4 is 17.7 Å². The molecule has 0 bridgehead atoms. The van der Waals surface area contributed by atoms with Gasteiger partial charge in [-0.25, -0.2) is 4.79 Å². The summed E-state index contributed by atoms with van der Waals surface area (Å²) in [5, 5.41) is 12.0. The molecule has 27 heavy (non-hydrogen) atoms. The van der Waals surface area contributed by atoms with Gasteiger partial charge in [-0.3, -0.25) is 4.79 Å². The van der Waals surface area contributed by atoms with Gasteiger partial charge in [0, 0.05) is 26.2 Å². The van der Waals surface area contributed by atoms with E-state index in [1.807, 2.05) is 32.0 Å². The predicted octanol–water partition coefficient (Wildman–Crippen LogP) is 2.37. The van der Waals surface area contributed by atoms with Gasteiger partial charge in [0.25, 0.3) is 0 Å². The van der Waals surface area contributed by atoms with E-state index < -0.39 is 12.1 Å². The van der Waals surface area contributed by atoms with Crippen molar-refractivity contribution in [3.05, 3.63) is 29.8 Å². The molecule has 1 saturated heterocycles. The van der Waals surface area contributed by atoms with Crippen molar-refractivity contribution in [3.63, 3.8) is 0 Å². The average Bonchev–Trinajstić information content (AvgIpc) is 2.91. The fraction of sp³-hybridized carbons (Fsp3) is 0.550. The molecule has 1 heterocycles. The van der Waals surface area contributed by atoms with Crippen molar-refractivity contribution in [1.29, 1.82) is 5.26 Å². The SMILES string of the molecule is CCOC(=O)NC(C(=O)N1CCCN(c2ccccc2C#N)CC1)C(C)C. The van der Waals surface area contributed by atoms with Gasteiger partial charge < -0.3 is 19.9 Å². The van der Waals surface area contributed by atoms with Crippen LogP contribution in [-0.4, -0.2) is 55.7 Å². The minimum Gasteiger partial charge on any atom is -0.450 e. The number of rotatable bonds is 5. The Kier molecular flexibility index (Phi) is 7.47. The first-order valence-corrected chi connectivity index (χ1v) is 9.44. The summed E-state index contributed by atoms with van der Waals surface area (Å²) in [5.74, 6) is -0.131. The molecule has 2 rings (SSSR count). The third-order valence-corrected chi connectivity index (χ3v) is 4.65. The Morgan fingerprint density at radius 1 is 1.22 bits per heavy atom. The molecule has 0 saturated carbocycles. The van der Waals surface area contributed by atoms with Gasteiger partial charge in [0.2, 0.25) is 5.91 Å². The van der Waals surface area contributed by atoms with Crippen LogP contribution in [0.2, 0.25) is 0 Å². The second-order valence-corrected chi connectivity index (χ2v) is 6.88. The molecule has 1 unspecified atom stereocenters. The second kappa shape index (κ2) is 9.81. The van der Waals surface area contributed by atoms with E-state index in [1.165, 1.54) is 0 Å². The lowest BCUT2D eigenvalue weighted by Crippen LogP contribution is -2.52. The van der Waals surface area contributed by atoms with Crippen LogP contribution in [0, 0.1) is 17.2 Å². The molecule has 0 aromatic heterocycles. The van der Waals surface area contributed by atoms with Crippen LogP contribution < -0.4 is 10.2 Å². The maximum absolute atomic E-state index is 13.0. The molecule has 1 N–H and O–H groups in total. The lowest BCUT2D eigenvalue weighted by atomic mass is 10.0. The zero-order valence-electron chi connectivity index (χ0n) is 16.3. The van der Waals surface area contributed by atoms with Gasteiger partial charge in [0.05, 0.1) is 17.9 Å². The number of nitrogens with one attached hydrogen (secondary N) is 1. The Bertz CT molecular complexity index is 699. The number of benzene rings is 1. The predicted molar refractivity (Wildman–Crippen MR) is 103 cm³/mol. The Morgan fingerprint density at radius 3 is 2.63 bits per heavy atom. The molecule has 7 nitrogen and oxygen atoms in total. The maximum Gasteiger partial charge on any atom is 0.407 e. The first kappa shape index (κ1) is 20.6. The minimum absolute atomic E-state index is 0.0411. The van der Waals surface area contributed by atoms with Crippen LogP contribution in [0.4, 0.5) is 10.5 Å². The van der Waals surface area contributed by atoms with E-state index in [2.05, 4.69) is 16.3 Å². The molecule has 1 aromatic rings. The highest BCUT2D eigenvalue weighted by molar-refractivity contribution is 5.86. The third-order valence-electron chi connectivity index (χ3n) is 4.65. The van der Waals surface area contributed by atoms with Crippen LogP contribution in [0.5, 0.6) is 0 Å². The number of alkyl carbamates (subject to hydrolysis) is 1. The number of hydrogen-bond acceptors (Lipinski definition) is 5. The van der Waals surface area contributed by atoms with Crippen LogP contribution in [0.3, 0.4) is 0 Å². The van der Waals surface area contributed by atoms with Crippen LogP contribution in [0.15, 0.2) is 24.3 Å². The normalized spacial score (nSPS) is 15.7. The van der Waals surface area contributed by atoms with Crippen molar-refractivity contribution < 1.29 is 14.3 Å². The molecule has 7 heteroatoms. The van der Waals surface area contributed by atoms with Crippen LogP contribution in [-0.2, 0) is 9.53 Å². The summed E-state index contributed by atoms with van der Waals surface area (Å²) in [6.45, 7) is 8.40. The van der Waals surface area contributed by atoms with Crippen LogP contribution in [0.25, 0.3) is 0 Å². The average molecular weight is 372 g/mol. The van der Waals surface area contributed by atoms with Crippen molar-refractivity contribution in [2.24, 2.45) is 5.92 Å². The van der Waals surface area contributed by atoms with Gasteiger partial charge in [-0.2, -0.15) is 5.26 Å². The highest BCUT2D eigenvalue weighted by Crippen LogP contribution is 2.21. The number of carbonyl (C=O) groups excluding carboxylic acids is 2. The molecule has 0 radical (unpaired) electrons. The number of nitrogens with zero attached hydrogens (tertiary/aromatic N) is 3. The van der Waals surface area contributed by atoms with Gasteiger partial charge in [0.15, 0.2) is 0 Å². The van der Waals surface area contributed by atoms with Crippen molar-refractivity contribution in [2.45, 2.75) is 33.2 Å². The minimum atomic E-state index is -0.609. The molecule has 1 aliphatic heterocycles. The van der Waals surface area contributed by atoms with E-state index in [0.29, 0.717) is 25.2 Å². The smallest absolute Gasteiger partial charge is 0.407 e. The molecule has 146 valence electrons. The number of carbonyl (C=O) groups is 2. The molecular weight excluding hydrogens is 344 g/mol. The first-order chi connectivity index (χ1) is 13.0. The highest BCUT2D eigenvalue weighted by atomic mass is 16.5. The summed E-state index contributed by atoms with van der Waals surface area (Å²) in [4.78, 5) is 28.7. The summed E-state index contributed by atoms with van der Waals surface area (Å²) in [6.07, 6.45) is 0.236. The Labute approximate surface area is 160 Å². The van der Waals surface area contributed by atoms with Gasteiger partial charge in [-0.15, -0.1) is 0 Å². The third kappa shape index (κ3) is 5.36. The van der Waals surface area contributed by atoms with E-state index in [1.54, 1.807) is 17.9 Å². The number of anilines is 1. The quantitative estimate of drug-likeness (QED) is 0.858. The van der Waals surface area contributed by atoms with E-state index in [4.69, 9.17) is 4.74 Å². The Balaban J connectivity index is 2.06. The summed E-state index contributed by atoms with van der Waals surface area (Å²) >= 11 is 0. The van der Waals surface area contributed by atoms with Gasteiger partial charge in [-0.05, 0) is 31.4 Å². The topological polar surface area (TPSA) is 85.7 Å². The van der Waals surface area contributed by atoms with Gasteiger partial charge >= 0.3 is 6.09 Å². The van der Waals surface area contributed by atoms with E-state index in [-0.39, 0.29) is 18.4 Å². The molecule has 1 fully saturated rings. The van der Waals surface area contributed by atoms with Crippen molar-refractivity contribution in [3.8, 4) is 6.07 Å². The largest absolute Gasteiger partial charge is 0.450 e. The standard InChI is InChI=1S/C20H28N4O3/c1-4-27-20(26)22-18(15(2)3)19(25)24-11-7-10-23(12-13-24)17-9-6-5-8-16(17)14-21/h5-6,8-9,15,18H,4,7,10-13H2,1-3H3,(H,22,26).